The van der Waals surface area contributed by atoms with Gasteiger partial charge in [-0.25, -0.2) is 4.98 Å². The van der Waals surface area contributed by atoms with Gasteiger partial charge in [-0.1, -0.05) is 0 Å². The molecular weight excluding hydrogens is 240 g/mol. The van der Waals surface area contributed by atoms with E-state index in [1.54, 1.807) is 0 Å². The number of nitrogens with one attached hydrogen (secondary N) is 1. The van der Waals surface area contributed by atoms with Gasteiger partial charge in [0.2, 0.25) is 5.88 Å². The average molecular weight is 262 g/mol. The molecule has 19 heavy (non-hydrogen) atoms. The molecule has 1 saturated heterocycles. The molecule has 0 radical (unpaired) electrons. The summed E-state index contributed by atoms with van der Waals surface area (Å²) in [6, 6.07) is 3.26. The number of hydrogen-bond donors (Lipinski definition) is 1. The predicted octanol–water partition coefficient (Wildman–Crippen LogP) is 1.83. The minimum atomic E-state index is 0.504. The zero-order chi connectivity index (χ0) is 13.2. The number of likely N-dealkylation sites (tertiary alicyclic amines) is 1. The molecule has 1 N–H and O–H groups in total. The van der Waals surface area contributed by atoms with Crippen LogP contribution in [0, 0.1) is 6.92 Å². The smallest absolute Gasteiger partial charge is 0.218 e. The Morgan fingerprint density at radius 2 is 2.21 bits per heavy atom. The van der Waals surface area contributed by atoms with E-state index in [0.29, 0.717) is 18.5 Å². The van der Waals surface area contributed by atoms with Crippen LogP contribution < -0.4 is 10.1 Å². The molecule has 1 aliphatic heterocycles. The van der Waals surface area contributed by atoms with Crippen molar-refractivity contribution >= 4 is 5.82 Å². The molecule has 2 aliphatic rings. The molecule has 0 bridgehead atoms. The zero-order valence-corrected chi connectivity index (χ0v) is 11.7. The number of anilines is 1. The van der Waals surface area contributed by atoms with Crippen LogP contribution in [0.5, 0.6) is 5.88 Å². The topological polar surface area (TPSA) is 50.3 Å². The lowest BCUT2D eigenvalue weighted by Crippen LogP contribution is -2.28. The maximum Gasteiger partial charge on any atom is 0.218 e. The Balaban J connectivity index is 1.62. The van der Waals surface area contributed by atoms with Crippen molar-refractivity contribution in [3.8, 4) is 5.88 Å². The molecule has 2 heterocycles. The Hall–Kier alpha value is -1.36. The van der Waals surface area contributed by atoms with Crippen LogP contribution >= 0.6 is 0 Å². The number of aryl methyl sites for hydroxylation is 1. The van der Waals surface area contributed by atoms with Gasteiger partial charge in [-0.2, -0.15) is 4.98 Å². The summed E-state index contributed by atoms with van der Waals surface area (Å²) in [4.78, 5) is 11.3. The highest BCUT2D eigenvalue weighted by molar-refractivity contribution is 5.39. The first-order valence-corrected chi connectivity index (χ1v) is 7.23. The summed E-state index contributed by atoms with van der Waals surface area (Å²) in [5.41, 5.74) is 0. The van der Waals surface area contributed by atoms with E-state index >= 15 is 0 Å². The maximum absolute atomic E-state index is 5.46. The Bertz CT molecular complexity index is 447. The first kappa shape index (κ1) is 12.7. The number of nitrogens with zero attached hydrogens (tertiary/aromatic N) is 3. The van der Waals surface area contributed by atoms with Gasteiger partial charge in [-0.3, -0.25) is 4.90 Å². The number of hydrogen-bond acceptors (Lipinski definition) is 5. The standard InChI is InChI=1S/C14H22N4O/c1-3-19-14-8-13(15-10(2)16-14)17-11-6-7-18(9-11)12-4-5-12/h8,11-12H,3-7,9H2,1-2H3,(H,15,16,17). The monoisotopic (exact) mass is 262 g/mol. The van der Waals surface area contributed by atoms with Crippen LogP contribution in [0.4, 0.5) is 5.82 Å². The lowest BCUT2D eigenvalue weighted by Gasteiger charge is -2.16. The van der Waals surface area contributed by atoms with Gasteiger partial charge in [0.15, 0.2) is 0 Å². The van der Waals surface area contributed by atoms with Crippen molar-refractivity contribution in [2.75, 3.05) is 25.0 Å². The first-order valence-electron chi connectivity index (χ1n) is 7.23. The van der Waals surface area contributed by atoms with Crippen LogP contribution in [0.3, 0.4) is 0 Å². The summed E-state index contributed by atoms with van der Waals surface area (Å²) >= 11 is 0. The molecule has 0 amide bonds. The van der Waals surface area contributed by atoms with Crippen molar-refractivity contribution < 1.29 is 4.74 Å². The van der Waals surface area contributed by atoms with Gasteiger partial charge in [0.05, 0.1) is 6.61 Å². The molecule has 1 aliphatic carbocycles. The van der Waals surface area contributed by atoms with Crippen LogP contribution in [0.2, 0.25) is 0 Å². The van der Waals surface area contributed by atoms with E-state index in [4.69, 9.17) is 4.74 Å². The van der Waals surface area contributed by atoms with E-state index in [0.717, 1.165) is 24.2 Å². The normalized spacial score (nSPS) is 23.6. The van der Waals surface area contributed by atoms with Crippen molar-refractivity contribution in [3.05, 3.63) is 11.9 Å². The molecule has 3 rings (SSSR count). The SMILES string of the molecule is CCOc1cc(NC2CCN(C3CC3)C2)nc(C)n1. The third-order valence-electron chi connectivity index (χ3n) is 3.74. The molecule has 0 spiro atoms. The van der Waals surface area contributed by atoms with E-state index in [1.807, 2.05) is 19.9 Å². The van der Waals surface area contributed by atoms with Crippen molar-refractivity contribution in [2.24, 2.45) is 0 Å². The van der Waals surface area contributed by atoms with E-state index in [2.05, 4.69) is 20.2 Å². The maximum atomic E-state index is 5.46. The fourth-order valence-corrected chi connectivity index (χ4v) is 2.72. The first-order chi connectivity index (χ1) is 9.24. The van der Waals surface area contributed by atoms with Gasteiger partial charge in [0, 0.05) is 31.2 Å². The lowest BCUT2D eigenvalue weighted by atomic mass is 10.2. The highest BCUT2D eigenvalue weighted by atomic mass is 16.5. The van der Waals surface area contributed by atoms with Crippen molar-refractivity contribution in [1.82, 2.24) is 14.9 Å². The van der Waals surface area contributed by atoms with Gasteiger partial charge in [-0.15, -0.1) is 0 Å². The Morgan fingerprint density at radius 1 is 1.37 bits per heavy atom. The molecule has 104 valence electrons. The third-order valence-corrected chi connectivity index (χ3v) is 3.74. The van der Waals surface area contributed by atoms with Crippen LogP contribution in [-0.4, -0.2) is 46.6 Å². The van der Waals surface area contributed by atoms with Crippen LogP contribution in [-0.2, 0) is 0 Å². The van der Waals surface area contributed by atoms with Gasteiger partial charge < -0.3 is 10.1 Å². The molecule has 1 aromatic rings. The number of ether oxygens (including phenoxy) is 1. The third kappa shape index (κ3) is 3.15. The predicted molar refractivity (Wildman–Crippen MR) is 74.6 cm³/mol. The fraction of sp³-hybridized carbons (Fsp3) is 0.714. The summed E-state index contributed by atoms with van der Waals surface area (Å²) < 4.78 is 5.46. The summed E-state index contributed by atoms with van der Waals surface area (Å²) in [5.74, 6) is 2.30. The van der Waals surface area contributed by atoms with Crippen molar-refractivity contribution in [1.29, 1.82) is 0 Å². The van der Waals surface area contributed by atoms with Gasteiger partial charge >= 0.3 is 0 Å². The molecule has 2 fully saturated rings. The van der Waals surface area contributed by atoms with Crippen LogP contribution in [0.1, 0.15) is 32.0 Å². The Morgan fingerprint density at radius 3 is 2.95 bits per heavy atom. The molecular formula is C14H22N4O. The highest BCUT2D eigenvalue weighted by Gasteiger charge is 2.34. The van der Waals surface area contributed by atoms with Gasteiger partial charge in [0.1, 0.15) is 11.6 Å². The van der Waals surface area contributed by atoms with Crippen LogP contribution in [0.25, 0.3) is 0 Å². The van der Waals surface area contributed by atoms with Crippen molar-refractivity contribution in [3.63, 3.8) is 0 Å². The summed E-state index contributed by atoms with van der Waals surface area (Å²) in [6.07, 6.45) is 3.96. The van der Waals surface area contributed by atoms with E-state index in [-0.39, 0.29) is 0 Å². The van der Waals surface area contributed by atoms with Crippen LogP contribution in [0.15, 0.2) is 6.07 Å². The largest absolute Gasteiger partial charge is 0.478 e. The Kier molecular flexibility index (Phi) is 3.55. The lowest BCUT2D eigenvalue weighted by molar-refractivity contribution is 0.324. The van der Waals surface area contributed by atoms with E-state index < -0.39 is 0 Å². The fourth-order valence-electron chi connectivity index (χ4n) is 2.72. The van der Waals surface area contributed by atoms with Gasteiger partial charge in [-0.05, 0) is 33.1 Å². The second-order valence-electron chi connectivity index (χ2n) is 5.43. The minimum Gasteiger partial charge on any atom is -0.478 e. The molecule has 1 saturated carbocycles. The number of aromatic nitrogens is 2. The molecule has 0 aromatic carbocycles. The summed E-state index contributed by atoms with van der Waals surface area (Å²) in [5, 5.41) is 3.52. The second kappa shape index (κ2) is 5.33. The quantitative estimate of drug-likeness (QED) is 0.877. The van der Waals surface area contributed by atoms with Gasteiger partial charge in [0.25, 0.3) is 0 Å². The molecule has 5 heteroatoms. The Labute approximate surface area is 114 Å². The second-order valence-corrected chi connectivity index (χ2v) is 5.43. The molecule has 1 aromatic heterocycles. The zero-order valence-electron chi connectivity index (χ0n) is 11.7. The minimum absolute atomic E-state index is 0.504. The average Bonchev–Trinajstić information content (AvgIpc) is 3.11. The molecule has 1 atom stereocenters. The van der Waals surface area contributed by atoms with E-state index in [9.17, 15) is 0 Å². The molecule has 5 nitrogen and oxygen atoms in total. The highest BCUT2D eigenvalue weighted by Crippen LogP contribution is 2.30. The van der Waals surface area contributed by atoms with E-state index in [1.165, 1.54) is 25.8 Å². The molecule has 1 unspecified atom stereocenters. The number of rotatable bonds is 5. The summed E-state index contributed by atoms with van der Waals surface area (Å²) in [7, 11) is 0. The summed E-state index contributed by atoms with van der Waals surface area (Å²) in [6.45, 7) is 6.85. The van der Waals surface area contributed by atoms with Crippen molar-refractivity contribution in [2.45, 2.75) is 45.2 Å².